The van der Waals surface area contributed by atoms with Crippen molar-refractivity contribution in [3.8, 4) is 0 Å². The normalized spacial score (nSPS) is 23.1. The molecule has 3 rings (SSSR count). The van der Waals surface area contributed by atoms with Gasteiger partial charge >= 0.3 is 6.09 Å². The van der Waals surface area contributed by atoms with Crippen LogP contribution in [0.25, 0.3) is 0 Å². The molecule has 1 saturated carbocycles. The number of ether oxygens (including phenoxy) is 1. The van der Waals surface area contributed by atoms with Gasteiger partial charge < -0.3 is 19.4 Å². The van der Waals surface area contributed by atoms with Crippen LogP contribution < -0.4 is 0 Å². The molecular weight excluding hydrogens is 394 g/mol. The van der Waals surface area contributed by atoms with E-state index >= 15 is 0 Å². The van der Waals surface area contributed by atoms with Crippen molar-refractivity contribution >= 4 is 17.9 Å². The summed E-state index contributed by atoms with van der Waals surface area (Å²) in [5, 5.41) is 0. The maximum atomic E-state index is 13.2. The van der Waals surface area contributed by atoms with Crippen molar-refractivity contribution in [1.82, 2.24) is 14.7 Å². The Morgan fingerprint density at radius 2 is 1.48 bits per heavy atom. The van der Waals surface area contributed by atoms with Crippen LogP contribution in [0, 0.1) is 17.8 Å². The van der Waals surface area contributed by atoms with Crippen LogP contribution >= 0.6 is 0 Å². The van der Waals surface area contributed by atoms with Crippen molar-refractivity contribution in [3.63, 3.8) is 0 Å². The molecule has 0 aromatic carbocycles. The summed E-state index contributed by atoms with van der Waals surface area (Å²) in [4.78, 5) is 43.9. The number of nitrogens with zero attached hydrogens (tertiary/aromatic N) is 3. The SMILES string of the molecule is CC(C)N(CC1CCCN(C(=O)C2CCN(C(=O)C3CC3)CC2)C1)C(=O)OC(C)(C)C. The number of likely N-dealkylation sites (tertiary alicyclic amines) is 2. The van der Waals surface area contributed by atoms with Gasteiger partial charge in [-0.3, -0.25) is 9.59 Å². The zero-order valence-corrected chi connectivity index (χ0v) is 20.1. The van der Waals surface area contributed by atoms with Crippen LogP contribution in [0.2, 0.25) is 0 Å². The number of hydrogen-bond acceptors (Lipinski definition) is 4. The molecule has 7 nitrogen and oxygen atoms in total. The molecule has 7 heteroatoms. The van der Waals surface area contributed by atoms with Crippen molar-refractivity contribution in [1.29, 1.82) is 0 Å². The number of carbonyl (C=O) groups excluding carboxylic acids is 3. The summed E-state index contributed by atoms with van der Waals surface area (Å²) >= 11 is 0. The molecule has 0 radical (unpaired) electrons. The summed E-state index contributed by atoms with van der Waals surface area (Å²) in [6, 6.07) is 0.0502. The summed E-state index contributed by atoms with van der Waals surface area (Å²) in [5.74, 6) is 1.07. The van der Waals surface area contributed by atoms with Crippen molar-refractivity contribution < 1.29 is 19.1 Å². The van der Waals surface area contributed by atoms with Crippen LogP contribution in [0.5, 0.6) is 0 Å². The second kappa shape index (κ2) is 9.78. The van der Waals surface area contributed by atoms with Crippen LogP contribution in [0.4, 0.5) is 4.79 Å². The fraction of sp³-hybridized carbons (Fsp3) is 0.875. The Balaban J connectivity index is 1.51. The standard InChI is InChI=1S/C24H41N3O4/c1-17(2)27(23(30)31-24(3,4)5)16-18-7-6-12-26(15-18)22(29)20-10-13-25(14-11-20)21(28)19-8-9-19/h17-20H,6-16H2,1-5H3. The molecule has 0 N–H and O–H groups in total. The molecule has 1 unspecified atom stereocenters. The van der Waals surface area contributed by atoms with E-state index in [0.717, 1.165) is 45.1 Å². The van der Waals surface area contributed by atoms with E-state index in [1.807, 2.05) is 44.4 Å². The number of hydrogen-bond donors (Lipinski definition) is 0. The molecule has 0 aromatic rings. The number of rotatable bonds is 5. The second-order valence-corrected chi connectivity index (χ2v) is 10.9. The van der Waals surface area contributed by atoms with Crippen LogP contribution in [-0.2, 0) is 14.3 Å². The monoisotopic (exact) mass is 435 g/mol. The first kappa shape index (κ1) is 23.9. The maximum Gasteiger partial charge on any atom is 0.410 e. The van der Waals surface area contributed by atoms with Gasteiger partial charge in [-0.05, 0) is 79.1 Å². The minimum atomic E-state index is -0.519. The summed E-state index contributed by atoms with van der Waals surface area (Å²) in [7, 11) is 0. The van der Waals surface area contributed by atoms with Crippen molar-refractivity contribution in [3.05, 3.63) is 0 Å². The van der Waals surface area contributed by atoms with Gasteiger partial charge in [0.2, 0.25) is 11.8 Å². The van der Waals surface area contributed by atoms with E-state index in [2.05, 4.69) is 0 Å². The van der Waals surface area contributed by atoms with Gasteiger partial charge in [-0.2, -0.15) is 0 Å². The Hall–Kier alpha value is -1.79. The molecule has 2 aliphatic heterocycles. The minimum Gasteiger partial charge on any atom is -0.444 e. The molecule has 2 saturated heterocycles. The average molecular weight is 436 g/mol. The summed E-state index contributed by atoms with van der Waals surface area (Å²) in [6.45, 7) is 13.2. The van der Waals surface area contributed by atoms with Crippen molar-refractivity contribution in [2.45, 2.75) is 84.8 Å². The number of piperidine rings is 2. The summed E-state index contributed by atoms with van der Waals surface area (Å²) in [5.41, 5.74) is -0.519. The lowest BCUT2D eigenvalue weighted by atomic mass is 9.91. The second-order valence-electron chi connectivity index (χ2n) is 10.9. The van der Waals surface area contributed by atoms with Crippen LogP contribution in [0.3, 0.4) is 0 Å². The lowest BCUT2D eigenvalue weighted by molar-refractivity contribution is -0.142. The highest BCUT2D eigenvalue weighted by Gasteiger charge is 2.37. The molecule has 176 valence electrons. The fourth-order valence-corrected chi connectivity index (χ4v) is 4.70. The van der Waals surface area contributed by atoms with E-state index in [0.29, 0.717) is 32.1 Å². The molecule has 1 atom stereocenters. The van der Waals surface area contributed by atoms with Gasteiger partial charge in [-0.15, -0.1) is 0 Å². The highest BCUT2D eigenvalue weighted by atomic mass is 16.6. The Morgan fingerprint density at radius 1 is 0.903 bits per heavy atom. The van der Waals surface area contributed by atoms with Crippen LogP contribution in [0.15, 0.2) is 0 Å². The molecular formula is C24H41N3O4. The van der Waals surface area contributed by atoms with Gasteiger partial charge in [-0.1, -0.05) is 0 Å². The zero-order chi connectivity index (χ0) is 22.8. The third kappa shape index (κ3) is 6.59. The van der Waals surface area contributed by atoms with Gasteiger partial charge in [0.1, 0.15) is 5.60 Å². The van der Waals surface area contributed by atoms with E-state index in [9.17, 15) is 14.4 Å². The minimum absolute atomic E-state index is 0.0223. The predicted molar refractivity (Wildman–Crippen MR) is 119 cm³/mol. The van der Waals surface area contributed by atoms with Gasteiger partial charge in [0.05, 0.1) is 0 Å². The Labute approximate surface area is 187 Å². The lowest BCUT2D eigenvalue weighted by Crippen LogP contribution is -2.50. The first-order valence-electron chi connectivity index (χ1n) is 12.1. The lowest BCUT2D eigenvalue weighted by Gasteiger charge is -2.40. The Kier molecular flexibility index (Phi) is 7.53. The highest BCUT2D eigenvalue weighted by Crippen LogP contribution is 2.33. The van der Waals surface area contributed by atoms with E-state index in [4.69, 9.17) is 4.74 Å². The first-order valence-corrected chi connectivity index (χ1v) is 12.1. The van der Waals surface area contributed by atoms with Gasteiger partial charge in [-0.25, -0.2) is 4.79 Å². The maximum absolute atomic E-state index is 13.2. The van der Waals surface area contributed by atoms with E-state index in [1.54, 1.807) is 4.90 Å². The van der Waals surface area contributed by atoms with Crippen LogP contribution in [-0.4, -0.2) is 77.0 Å². The van der Waals surface area contributed by atoms with E-state index < -0.39 is 5.60 Å². The number of carbonyl (C=O) groups is 3. The molecule has 3 fully saturated rings. The molecule has 3 aliphatic rings. The molecule has 0 bridgehead atoms. The molecule has 1 aliphatic carbocycles. The Bertz CT molecular complexity index is 660. The largest absolute Gasteiger partial charge is 0.444 e. The van der Waals surface area contributed by atoms with E-state index in [1.165, 1.54) is 0 Å². The summed E-state index contributed by atoms with van der Waals surface area (Å²) < 4.78 is 5.60. The average Bonchev–Trinajstić information content (AvgIpc) is 3.55. The molecule has 0 spiro atoms. The van der Waals surface area contributed by atoms with Crippen molar-refractivity contribution in [2.24, 2.45) is 17.8 Å². The quantitative estimate of drug-likeness (QED) is 0.663. The van der Waals surface area contributed by atoms with Gasteiger partial charge in [0.15, 0.2) is 0 Å². The Morgan fingerprint density at radius 3 is 2.03 bits per heavy atom. The van der Waals surface area contributed by atoms with Crippen LogP contribution in [0.1, 0.15) is 73.1 Å². The van der Waals surface area contributed by atoms with Crippen molar-refractivity contribution in [2.75, 3.05) is 32.7 Å². The smallest absolute Gasteiger partial charge is 0.410 e. The predicted octanol–water partition coefficient (Wildman–Crippen LogP) is 3.52. The third-order valence-corrected chi connectivity index (χ3v) is 6.62. The van der Waals surface area contributed by atoms with Gasteiger partial charge in [0, 0.05) is 50.6 Å². The molecule has 2 heterocycles. The fourth-order valence-electron chi connectivity index (χ4n) is 4.70. The van der Waals surface area contributed by atoms with Gasteiger partial charge in [0.25, 0.3) is 0 Å². The molecule has 3 amide bonds. The highest BCUT2D eigenvalue weighted by molar-refractivity contribution is 5.82. The molecule has 0 aromatic heterocycles. The third-order valence-electron chi connectivity index (χ3n) is 6.62. The van der Waals surface area contributed by atoms with E-state index in [-0.39, 0.29) is 35.8 Å². The zero-order valence-electron chi connectivity index (χ0n) is 20.1. The first-order chi connectivity index (χ1) is 14.5. The molecule has 31 heavy (non-hydrogen) atoms. The summed E-state index contributed by atoms with van der Waals surface area (Å²) in [6.07, 6.45) is 5.31. The number of amides is 3. The topological polar surface area (TPSA) is 70.2 Å².